The molecule has 3 nitrogen and oxygen atoms in total. The maximum absolute atomic E-state index is 6.74. The molecular formula is C42H26N2O. The molecule has 0 N–H and O–H groups in total. The Bertz CT molecular complexity index is 2530. The number of benzene rings is 7. The van der Waals surface area contributed by atoms with Gasteiger partial charge in [-0.1, -0.05) is 127 Å². The molecule has 0 fully saturated rings. The summed E-state index contributed by atoms with van der Waals surface area (Å²) >= 11 is 0. The van der Waals surface area contributed by atoms with Crippen LogP contribution >= 0.6 is 0 Å². The summed E-state index contributed by atoms with van der Waals surface area (Å²) in [7, 11) is 0. The first-order valence-electron chi connectivity index (χ1n) is 15.2. The van der Waals surface area contributed by atoms with Crippen molar-refractivity contribution in [2.75, 3.05) is 0 Å². The van der Waals surface area contributed by atoms with Gasteiger partial charge in [-0.3, -0.25) is 0 Å². The monoisotopic (exact) mass is 574 g/mol. The molecule has 0 bridgehead atoms. The van der Waals surface area contributed by atoms with E-state index in [1.807, 2.05) is 24.3 Å². The second kappa shape index (κ2) is 10.3. The first kappa shape index (κ1) is 25.4. The maximum atomic E-state index is 6.74. The normalized spacial score (nSPS) is 11.6. The molecule has 0 spiro atoms. The predicted octanol–water partition coefficient (Wildman–Crippen LogP) is 11.4. The lowest BCUT2D eigenvalue weighted by molar-refractivity contribution is 0.670. The number of hydrogen-bond donors (Lipinski definition) is 0. The zero-order valence-corrected chi connectivity index (χ0v) is 24.3. The number of aromatic nitrogens is 2. The van der Waals surface area contributed by atoms with E-state index in [1.54, 1.807) is 0 Å². The summed E-state index contributed by atoms with van der Waals surface area (Å²) in [6.07, 6.45) is 0. The van der Waals surface area contributed by atoms with E-state index in [1.165, 1.54) is 21.5 Å². The summed E-state index contributed by atoms with van der Waals surface area (Å²) < 4.78 is 6.74. The fourth-order valence-corrected chi connectivity index (χ4v) is 6.43. The van der Waals surface area contributed by atoms with Gasteiger partial charge in [-0.05, 0) is 57.4 Å². The molecule has 2 heterocycles. The lowest BCUT2D eigenvalue weighted by Gasteiger charge is -2.10. The van der Waals surface area contributed by atoms with E-state index in [-0.39, 0.29) is 0 Å². The fourth-order valence-electron chi connectivity index (χ4n) is 6.43. The van der Waals surface area contributed by atoms with Gasteiger partial charge in [-0.2, -0.15) is 0 Å². The van der Waals surface area contributed by atoms with Crippen molar-refractivity contribution in [2.45, 2.75) is 0 Å². The van der Waals surface area contributed by atoms with Crippen molar-refractivity contribution in [2.24, 2.45) is 0 Å². The Morgan fingerprint density at radius 2 is 1.00 bits per heavy atom. The molecule has 0 atom stereocenters. The quantitative estimate of drug-likeness (QED) is 0.210. The lowest BCUT2D eigenvalue weighted by atomic mass is 9.95. The minimum atomic E-state index is 0.693. The van der Waals surface area contributed by atoms with E-state index < -0.39 is 0 Å². The van der Waals surface area contributed by atoms with E-state index in [0.29, 0.717) is 5.82 Å². The molecule has 0 aliphatic heterocycles. The van der Waals surface area contributed by atoms with Gasteiger partial charge in [0.25, 0.3) is 0 Å². The summed E-state index contributed by atoms with van der Waals surface area (Å²) in [6, 6.07) is 54.9. The van der Waals surface area contributed by atoms with Gasteiger partial charge in [0.2, 0.25) is 0 Å². The van der Waals surface area contributed by atoms with Crippen LogP contribution in [0.3, 0.4) is 0 Å². The van der Waals surface area contributed by atoms with Gasteiger partial charge in [0.05, 0.1) is 11.4 Å². The summed E-state index contributed by atoms with van der Waals surface area (Å²) in [6.45, 7) is 0. The molecule has 210 valence electrons. The number of furan rings is 1. The molecule has 0 radical (unpaired) electrons. The zero-order chi connectivity index (χ0) is 29.7. The van der Waals surface area contributed by atoms with Gasteiger partial charge >= 0.3 is 0 Å². The first-order chi connectivity index (χ1) is 22.3. The Labute approximate surface area is 260 Å². The van der Waals surface area contributed by atoms with Gasteiger partial charge in [-0.15, -0.1) is 0 Å². The zero-order valence-electron chi connectivity index (χ0n) is 24.3. The van der Waals surface area contributed by atoms with Gasteiger partial charge in [0, 0.05) is 33.0 Å². The largest absolute Gasteiger partial charge is 0.455 e. The molecule has 7 aromatic carbocycles. The average Bonchev–Trinajstić information content (AvgIpc) is 3.48. The van der Waals surface area contributed by atoms with Crippen molar-refractivity contribution in [3.63, 3.8) is 0 Å². The van der Waals surface area contributed by atoms with Crippen molar-refractivity contribution in [3.05, 3.63) is 158 Å². The van der Waals surface area contributed by atoms with E-state index in [0.717, 1.165) is 61.1 Å². The highest BCUT2D eigenvalue weighted by Gasteiger charge is 2.18. The minimum absolute atomic E-state index is 0.693. The topological polar surface area (TPSA) is 38.9 Å². The minimum Gasteiger partial charge on any atom is -0.455 e. The second-order valence-corrected chi connectivity index (χ2v) is 11.4. The number of rotatable bonds is 4. The molecule has 0 amide bonds. The van der Waals surface area contributed by atoms with Crippen LogP contribution in [0.1, 0.15) is 0 Å². The number of fused-ring (bicyclic) bond motifs is 5. The van der Waals surface area contributed by atoms with Gasteiger partial charge in [-0.25, -0.2) is 9.97 Å². The van der Waals surface area contributed by atoms with Crippen LogP contribution in [0, 0.1) is 0 Å². The van der Waals surface area contributed by atoms with Crippen LogP contribution in [0.4, 0.5) is 0 Å². The van der Waals surface area contributed by atoms with Crippen LogP contribution in [0.5, 0.6) is 0 Å². The standard InChI is InChI=1S/C42H26N2O/c1-3-12-28(13-4-1)40-34-18-10-9-17-31(34)24-36-35-22-21-33(25-39(35)45-41(36)40)38-26-37(43-42(44-38)29-14-5-2-6-15-29)32-20-19-27-11-7-8-16-30(27)23-32/h1-26H. The molecule has 9 aromatic rings. The highest BCUT2D eigenvalue weighted by Crippen LogP contribution is 2.42. The first-order valence-corrected chi connectivity index (χ1v) is 15.2. The Morgan fingerprint density at radius 3 is 1.78 bits per heavy atom. The summed E-state index contributed by atoms with van der Waals surface area (Å²) in [5.74, 6) is 0.693. The van der Waals surface area contributed by atoms with Crippen LogP contribution in [-0.2, 0) is 0 Å². The Kier molecular flexibility index (Phi) is 5.82. The van der Waals surface area contributed by atoms with Crippen molar-refractivity contribution in [1.82, 2.24) is 9.97 Å². The van der Waals surface area contributed by atoms with Crippen LogP contribution in [0.2, 0.25) is 0 Å². The lowest BCUT2D eigenvalue weighted by Crippen LogP contribution is -1.96. The van der Waals surface area contributed by atoms with Gasteiger partial charge in [0.1, 0.15) is 11.2 Å². The second-order valence-electron chi connectivity index (χ2n) is 11.4. The fraction of sp³-hybridized carbons (Fsp3) is 0. The molecule has 2 aromatic heterocycles. The Morgan fingerprint density at radius 1 is 0.378 bits per heavy atom. The maximum Gasteiger partial charge on any atom is 0.160 e. The summed E-state index contributed by atoms with van der Waals surface area (Å²) in [5.41, 5.74) is 8.74. The van der Waals surface area contributed by atoms with E-state index in [4.69, 9.17) is 14.4 Å². The highest BCUT2D eigenvalue weighted by atomic mass is 16.3. The summed E-state index contributed by atoms with van der Waals surface area (Å²) in [4.78, 5) is 10.1. The molecule has 3 heteroatoms. The van der Waals surface area contributed by atoms with Crippen molar-refractivity contribution in [1.29, 1.82) is 0 Å². The Hall–Kier alpha value is -6.06. The third kappa shape index (κ3) is 4.37. The van der Waals surface area contributed by atoms with E-state index in [9.17, 15) is 0 Å². The SMILES string of the molecule is c1ccc(-c2nc(-c3ccc4ccccc4c3)cc(-c3ccc4c(c3)oc3c(-c5ccccc5)c5ccccc5cc34)n2)cc1. The van der Waals surface area contributed by atoms with Crippen LogP contribution in [0.15, 0.2) is 162 Å². The molecular weight excluding hydrogens is 548 g/mol. The van der Waals surface area contributed by atoms with Crippen LogP contribution in [-0.4, -0.2) is 9.97 Å². The number of hydrogen-bond acceptors (Lipinski definition) is 3. The molecule has 0 aliphatic rings. The molecule has 0 unspecified atom stereocenters. The van der Waals surface area contributed by atoms with Crippen molar-refractivity contribution >= 4 is 43.5 Å². The molecule has 0 aliphatic carbocycles. The van der Waals surface area contributed by atoms with Crippen LogP contribution in [0.25, 0.3) is 88.5 Å². The molecule has 0 saturated heterocycles. The Balaban J connectivity index is 1.26. The van der Waals surface area contributed by atoms with E-state index >= 15 is 0 Å². The highest BCUT2D eigenvalue weighted by molar-refractivity contribution is 6.18. The summed E-state index contributed by atoms with van der Waals surface area (Å²) in [5, 5.41) is 6.96. The average molecular weight is 575 g/mol. The van der Waals surface area contributed by atoms with Crippen molar-refractivity contribution in [3.8, 4) is 45.0 Å². The molecule has 45 heavy (non-hydrogen) atoms. The van der Waals surface area contributed by atoms with Crippen LogP contribution < -0.4 is 0 Å². The third-order valence-corrected chi connectivity index (χ3v) is 8.65. The van der Waals surface area contributed by atoms with E-state index in [2.05, 4.69) is 133 Å². The van der Waals surface area contributed by atoms with Gasteiger partial charge in [0.15, 0.2) is 5.82 Å². The third-order valence-electron chi connectivity index (χ3n) is 8.65. The van der Waals surface area contributed by atoms with Gasteiger partial charge < -0.3 is 4.42 Å². The van der Waals surface area contributed by atoms with Crippen molar-refractivity contribution < 1.29 is 4.42 Å². The smallest absolute Gasteiger partial charge is 0.160 e. The molecule has 0 saturated carbocycles. The number of nitrogens with zero attached hydrogens (tertiary/aromatic N) is 2. The molecule has 9 rings (SSSR count). The predicted molar refractivity (Wildman–Crippen MR) is 186 cm³/mol.